The zero-order valence-corrected chi connectivity index (χ0v) is 27.6. The van der Waals surface area contributed by atoms with Crippen molar-refractivity contribution in [1.29, 1.82) is 0 Å². The lowest BCUT2D eigenvalue weighted by Crippen LogP contribution is -2.32. The first-order chi connectivity index (χ1) is 22.7. The van der Waals surface area contributed by atoms with Crippen molar-refractivity contribution in [2.45, 2.75) is 40.4 Å². The molecule has 0 bridgehead atoms. The maximum atomic E-state index is 14.9. The number of anilines is 2. The number of hydrogen-bond acceptors (Lipinski definition) is 7. The molecule has 1 heterocycles. The summed E-state index contributed by atoms with van der Waals surface area (Å²) in [7, 11) is 1.90. The number of nitrogens with one attached hydrogen (secondary N) is 2. The molecule has 0 aliphatic carbocycles. The van der Waals surface area contributed by atoms with Crippen LogP contribution in [0.25, 0.3) is 10.4 Å². The molecule has 0 fully saturated rings. The van der Waals surface area contributed by atoms with Gasteiger partial charge in [0, 0.05) is 41.3 Å². The number of amides is 3. The molecule has 1 aromatic heterocycles. The lowest BCUT2D eigenvalue weighted by molar-refractivity contribution is 0.0525. The highest BCUT2D eigenvalue weighted by Gasteiger charge is 2.33. The molecule has 2 N–H and O–H groups in total. The highest BCUT2D eigenvalue weighted by atomic mass is 32.1. The molecule has 0 unspecified atom stereocenters. The van der Waals surface area contributed by atoms with E-state index in [1.807, 2.05) is 49.2 Å². The number of esters is 1. The van der Waals surface area contributed by atoms with E-state index in [0.29, 0.717) is 34.8 Å². The number of thiophene rings is 1. The van der Waals surface area contributed by atoms with E-state index in [1.165, 1.54) is 6.07 Å². The average molecular weight is 665 g/mol. The second kappa shape index (κ2) is 16.7. The minimum atomic E-state index is -0.876. The molecular weight excluding hydrogens is 626 g/mol. The normalized spacial score (nSPS) is 10.9. The molecule has 0 atom stereocenters. The number of carbonyl (C=O) groups excluding carboxylic acids is 3. The van der Waals surface area contributed by atoms with Crippen molar-refractivity contribution in [3.63, 3.8) is 0 Å². The average Bonchev–Trinajstić information content (AvgIpc) is 3.40. The quantitative estimate of drug-likeness (QED) is 0.142. The molecule has 4 aromatic rings. The van der Waals surface area contributed by atoms with Crippen molar-refractivity contribution >= 4 is 40.1 Å². The molecule has 4 rings (SSSR count). The second-order valence-electron chi connectivity index (χ2n) is 10.5. The van der Waals surface area contributed by atoms with Crippen molar-refractivity contribution in [3.05, 3.63) is 107 Å². The van der Waals surface area contributed by atoms with Crippen LogP contribution in [0.3, 0.4) is 0 Å². The Morgan fingerprint density at radius 2 is 1.45 bits per heavy atom. The van der Waals surface area contributed by atoms with E-state index in [2.05, 4.69) is 10.6 Å². The zero-order valence-electron chi connectivity index (χ0n) is 26.8. The number of benzene rings is 3. The van der Waals surface area contributed by atoms with Gasteiger partial charge in [-0.2, -0.15) is 0 Å². The molecule has 3 aromatic carbocycles. The van der Waals surface area contributed by atoms with Gasteiger partial charge in [-0.1, -0.05) is 48.5 Å². The standard InChI is InChI=1S/C35H38F2N4O5S/c1-5-38-34(43)39-25-18-16-24(17-19-25)31-27(21-40(4)20-23-12-9-8-10-13-23)30(33(42)45-6-2)32(47-31)41(35(44)46-7-3)22-26-28(36)14-11-15-29(26)37/h8-19H,5-7,20-22H2,1-4H3,(H2,38,39,43). The van der Waals surface area contributed by atoms with Crippen LogP contribution in [-0.4, -0.2) is 49.8 Å². The molecular formula is C35H38F2N4O5S. The summed E-state index contributed by atoms with van der Waals surface area (Å²) < 4.78 is 40.7. The van der Waals surface area contributed by atoms with Gasteiger partial charge in [-0.25, -0.2) is 23.2 Å². The van der Waals surface area contributed by atoms with Gasteiger partial charge in [0.1, 0.15) is 16.6 Å². The summed E-state index contributed by atoms with van der Waals surface area (Å²) in [6.07, 6.45) is -0.876. The predicted octanol–water partition coefficient (Wildman–Crippen LogP) is 7.81. The summed E-state index contributed by atoms with van der Waals surface area (Å²) in [6, 6.07) is 19.9. The fourth-order valence-electron chi connectivity index (χ4n) is 4.96. The minimum absolute atomic E-state index is 0.00516. The predicted molar refractivity (Wildman–Crippen MR) is 180 cm³/mol. The van der Waals surface area contributed by atoms with Crippen LogP contribution in [0.1, 0.15) is 47.8 Å². The molecule has 0 saturated carbocycles. The van der Waals surface area contributed by atoms with Gasteiger partial charge in [-0.05, 0) is 63.2 Å². The van der Waals surface area contributed by atoms with E-state index in [9.17, 15) is 23.2 Å². The molecule has 12 heteroatoms. The number of rotatable bonds is 13. The largest absolute Gasteiger partial charge is 0.462 e. The Hall–Kier alpha value is -4.81. The number of halogens is 2. The monoisotopic (exact) mass is 664 g/mol. The molecule has 47 heavy (non-hydrogen) atoms. The first-order valence-corrected chi connectivity index (χ1v) is 16.1. The molecule has 0 radical (unpaired) electrons. The van der Waals surface area contributed by atoms with E-state index >= 15 is 0 Å². The van der Waals surface area contributed by atoms with Crippen LogP contribution in [-0.2, 0) is 29.1 Å². The van der Waals surface area contributed by atoms with E-state index in [1.54, 1.807) is 38.1 Å². The molecule has 3 amide bonds. The number of nitrogens with zero attached hydrogens (tertiary/aromatic N) is 2. The number of carbonyl (C=O) groups is 3. The van der Waals surface area contributed by atoms with Crippen LogP contribution < -0.4 is 15.5 Å². The van der Waals surface area contributed by atoms with Crippen LogP contribution in [0.5, 0.6) is 0 Å². The van der Waals surface area contributed by atoms with Crippen molar-refractivity contribution in [3.8, 4) is 10.4 Å². The van der Waals surface area contributed by atoms with E-state index < -0.39 is 30.2 Å². The first-order valence-electron chi connectivity index (χ1n) is 15.2. The smallest absolute Gasteiger partial charge is 0.415 e. The summed E-state index contributed by atoms with van der Waals surface area (Å²) in [6.45, 7) is 5.90. The van der Waals surface area contributed by atoms with Gasteiger partial charge in [0.15, 0.2) is 0 Å². The Bertz CT molecular complexity index is 1660. The van der Waals surface area contributed by atoms with Crippen molar-refractivity contribution in [1.82, 2.24) is 10.2 Å². The van der Waals surface area contributed by atoms with Crippen molar-refractivity contribution in [2.75, 3.05) is 37.0 Å². The fourth-order valence-corrected chi connectivity index (χ4v) is 6.26. The topological polar surface area (TPSA) is 100 Å². The summed E-state index contributed by atoms with van der Waals surface area (Å²) in [5, 5.41) is 5.57. The van der Waals surface area contributed by atoms with Gasteiger partial charge in [0.05, 0.1) is 25.3 Å². The highest BCUT2D eigenvalue weighted by molar-refractivity contribution is 7.20. The van der Waals surface area contributed by atoms with Gasteiger partial charge < -0.3 is 20.1 Å². The van der Waals surface area contributed by atoms with Crippen molar-refractivity contribution < 1.29 is 32.6 Å². The van der Waals surface area contributed by atoms with Gasteiger partial charge >= 0.3 is 18.1 Å². The Morgan fingerprint density at radius 1 is 0.787 bits per heavy atom. The Kier molecular flexibility index (Phi) is 12.4. The molecule has 9 nitrogen and oxygen atoms in total. The summed E-state index contributed by atoms with van der Waals surface area (Å²) >= 11 is 1.12. The molecule has 0 saturated heterocycles. The van der Waals surface area contributed by atoms with Crippen LogP contribution in [0.4, 0.5) is 29.1 Å². The van der Waals surface area contributed by atoms with E-state index in [0.717, 1.165) is 33.9 Å². The van der Waals surface area contributed by atoms with Gasteiger partial charge in [-0.3, -0.25) is 9.80 Å². The molecule has 0 spiro atoms. The third-order valence-corrected chi connectivity index (χ3v) is 8.35. The lowest BCUT2D eigenvalue weighted by atomic mass is 10.0. The maximum Gasteiger partial charge on any atom is 0.415 e. The maximum absolute atomic E-state index is 14.9. The van der Waals surface area contributed by atoms with Gasteiger partial charge in [-0.15, -0.1) is 11.3 Å². The van der Waals surface area contributed by atoms with Crippen molar-refractivity contribution in [2.24, 2.45) is 0 Å². The number of ether oxygens (including phenoxy) is 2. The number of hydrogen-bond donors (Lipinski definition) is 2. The fraction of sp³-hybridized carbons (Fsp3) is 0.286. The SMILES string of the molecule is CCNC(=O)Nc1ccc(-c2sc(N(Cc3c(F)cccc3F)C(=O)OCC)c(C(=O)OCC)c2CN(C)Cc2ccccc2)cc1. The Balaban J connectivity index is 1.89. The number of urea groups is 1. The minimum Gasteiger partial charge on any atom is -0.462 e. The van der Waals surface area contributed by atoms with Crippen LogP contribution in [0.2, 0.25) is 0 Å². The second-order valence-corrected chi connectivity index (χ2v) is 11.5. The first kappa shape index (κ1) is 35.1. The third kappa shape index (κ3) is 8.93. The Labute approximate surface area is 277 Å². The zero-order chi connectivity index (χ0) is 33.9. The lowest BCUT2D eigenvalue weighted by Gasteiger charge is -2.23. The summed E-state index contributed by atoms with van der Waals surface area (Å²) in [4.78, 5) is 43.1. The molecule has 248 valence electrons. The highest BCUT2D eigenvalue weighted by Crippen LogP contribution is 2.44. The van der Waals surface area contributed by atoms with Gasteiger partial charge in [0.25, 0.3) is 0 Å². The van der Waals surface area contributed by atoms with Gasteiger partial charge in [0.2, 0.25) is 0 Å². The molecule has 0 aliphatic rings. The summed E-state index contributed by atoms with van der Waals surface area (Å²) in [5.41, 5.74) is 2.60. The van der Waals surface area contributed by atoms with Crippen LogP contribution in [0.15, 0.2) is 72.8 Å². The Morgan fingerprint density at radius 3 is 2.06 bits per heavy atom. The summed E-state index contributed by atoms with van der Waals surface area (Å²) in [5.74, 6) is -2.37. The molecule has 0 aliphatic heterocycles. The van der Waals surface area contributed by atoms with Crippen LogP contribution in [0, 0.1) is 11.6 Å². The van der Waals surface area contributed by atoms with E-state index in [4.69, 9.17) is 9.47 Å². The van der Waals surface area contributed by atoms with Crippen LogP contribution >= 0.6 is 11.3 Å². The van der Waals surface area contributed by atoms with E-state index in [-0.39, 0.29) is 41.9 Å². The third-order valence-electron chi connectivity index (χ3n) is 7.04.